The van der Waals surface area contributed by atoms with Gasteiger partial charge in [-0.2, -0.15) is 11.8 Å². The molecular weight excluding hydrogens is 248 g/mol. The van der Waals surface area contributed by atoms with E-state index in [-0.39, 0.29) is 0 Å². The Hall–Kier alpha value is -0.740. The summed E-state index contributed by atoms with van der Waals surface area (Å²) in [5, 5.41) is 0. The first kappa shape index (κ1) is 14.3. The van der Waals surface area contributed by atoms with Gasteiger partial charge in [0.25, 0.3) is 0 Å². The molecule has 2 N–H and O–H groups in total. The predicted molar refractivity (Wildman–Crippen MR) is 83.1 cm³/mol. The molecule has 1 rings (SSSR count). The number of anilines is 1. The van der Waals surface area contributed by atoms with Crippen molar-refractivity contribution in [2.24, 2.45) is 5.73 Å². The standard InChI is InChI=1S/C13H20N2S2/c1-2-17-11-10-15(9-8-13(14)16)12-6-4-3-5-7-12/h3-7H,2,8-11H2,1H3,(H2,14,16). The highest BCUT2D eigenvalue weighted by atomic mass is 32.2. The van der Waals surface area contributed by atoms with E-state index >= 15 is 0 Å². The van der Waals surface area contributed by atoms with Crippen LogP contribution in [0.4, 0.5) is 5.69 Å². The van der Waals surface area contributed by atoms with E-state index in [1.165, 1.54) is 5.69 Å². The molecule has 2 nitrogen and oxygen atoms in total. The molecule has 17 heavy (non-hydrogen) atoms. The fourth-order valence-corrected chi connectivity index (χ4v) is 2.30. The molecule has 0 aliphatic carbocycles. The highest BCUT2D eigenvalue weighted by Gasteiger charge is 2.05. The number of para-hydroxylation sites is 1. The number of thiocarbonyl (C=S) groups is 1. The molecule has 0 radical (unpaired) electrons. The molecule has 0 saturated carbocycles. The van der Waals surface area contributed by atoms with Crippen LogP contribution in [0.15, 0.2) is 30.3 Å². The van der Waals surface area contributed by atoms with Crippen molar-refractivity contribution in [3.8, 4) is 0 Å². The van der Waals surface area contributed by atoms with Crippen LogP contribution in [0.3, 0.4) is 0 Å². The Labute approximate surface area is 114 Å². The molecule has 0 aliphatic rings. The lowest BCUT2D eigenvalue weighted by Crippen LogP contribution is -2.29. The van der Waals surface area contributed by atoms with Crippen LogP contribution < -0.4 is 10.6 Å². The molecular formula is C13H20N2S2. The van der Waals surface area contributed by atoms with Gasteiger partial charge in [-0.3, -0.25) is 0 Å². The largest absolute Gasteiger partial charge is 0.393 e. The van der Waals surface area contributed by atoms with E-state index in [0.717, 1.165) is 31.0 Å². The molecule has 0 bridgehead atoms. The van der Waals surface area contributed by atoms with E-state index in [1.807, 2.05) is 17.8 Å². The highest BCUT2D eigenvalue weighted by Crippen LogP contribution is 2.14. The Kier molecular flexibility index (Phi) is 7.05. The number of hydrogen-bond donors (Lipinski definition) is 1. The van der Waals surface area contributed by atoms with Crippen molar-refractivity contribution in [3.05, 3.63) is 30.3 Å². The molecule has 1 aromatic carbocycles. The number of thioether (sulfide) groups is 1. The summed E-state index contributed by atoms with van der Waals surface area (Å²) in [5.41, 5.74) is 6.82. The van der Waals surface area contributed by atoms with Gasteiger partial charge in [0.1, 0.15) is 0 Å². The van der Waals surface area contributed by atoms with Crippen LogP contribution in [-0.4, -0.2) is 29.6 Å². The Morgan fingerprint density at radius 2 is 2.00 bits per heavy atom. The van der Waals surface area contributed by atoms with Gasteiger partial charge >= 0.3 is 0 Å². The van der Waals surface area contributed by atoms with E-state index in [2.05, 4.69) is 36.1 Å². The molecule has 0 unspecified atom stereocenters. The molecule has 0 saturated heterocycles. The van der Waals surface area contributed by atoms with E-state index in [4.69, 9.17) is 18.0 Å². The summed E-state index contributed by atoms with van der Waals surface area (Å²) in [7, 11) is 0. The minimum Gasteiger partial charge on any atom is -0.393 e. The molecule has 0 aliphatic heterocycles. The van der Waals surface area contributed by atoms with E-state index in [0.29, 0.717) is 4.99 Å². The van der Waals surface area contributed by atoms with Crippen LogP contribution in [-0.2, 0) is 0 Å². The summed E-state index contributed by atoms with van der Waals surface area (Å²) in [4.78, 5) is 2.94. The summed E-state index contributed by atoms with van der Waals surface area (Å²) in [6, 6.07) is 10.4. The van der Waals surface area contributed by atoms with Gasteiger partial charge in [0.15, 0.2) is 0 Å². The third kappa shape index (κ3) is 5.94. The molecule has 0 aromatic heterocycles. The van der Waals surface area contributed by atoms with Gasteiger partial charge in [-0.15, -0.1) is 0 Å². The lowest BCUT2D eigenvalue weighted by atomic mass is 10.2. The van der Waals surface area contributed by atoms with Gasteiger partial charge in [0, 0.05) is 31.0 Å². The van der Waals surface area contributed by atoms with Crippen LogP contribution in [0.25, 0.3) is 0 Å². The molecule has 1 aromatic rings. The lowest BCUT2D eigenvalue weighted by Gasteiger charge is -2.24. The zero-order chi connectivity index (χ0) is 12.5. The SMILES string of the molecule is CCSCCN(CCC(N)=S)c1ccccc1. The fraction of sp³-hybridized carbons (Fsp3) is 0.462. The van der Waals surface area contributed by atoms with Crippen molar-refractivity contribution in [1.29, 1.82) is 0 Å². The second kappa shape index (κ2) is 8.37. The molecule has 0 fully saturated rings. The maximum atomic E-state index is 5.57. The van der Waals surface area contributed by atoms with E-state index in [9.17, 15) is 0 Å². The first-order chi connectivity index (χ1) is 8.24. The zero-order valence-corrected chi connectivity index (χ0v) is 11.9. The summed E-state index contributed by atoms with van der Waals surface area (Å²) in [5.74, 6) is 2.31. The number of rotatable bonds is 8. The van der Waals surface area contributed by atoms with E-state index in [1.54, 1.807) is 0 Å². The Balaban J connectivity index is 2.55. The summed E-state index contributed by atoms with van der Waals surface area (Å²) < 4.78 is 0. The third-order valence-corrected chi connectivity index (χ3v) is 3.54. The van der Waals surface area contributed by atoms with Crippen LogP contribution in [0.5, 0.6) is 0 Å². The quantitative estimate of drug-likeness (QED) is 0.580. The van der Waals surface area contributed by atoms with Crippen LogP contribution in [0.2, 0.25) is 0 Å². The molecule has 94 valence electrons. The van der Waals surface area contributed by atoms with Gasteiger partial charge in [-0.05, 0) is 17.9 Å². The summed E-state index contributed by atoms with van der Waals surface area (Å²) in [6.45, 7) is 4.14. The first-order valence-corrected chi connectivity index (χ1v) is 7.46. The minimum atomic E-state index is 0.592. The highest BCUT2D eigenvalue weighted by molar-refractivity contribution is 7.99. The maximum absolute atomic E-state index is 5.57. The average Bonchev–Trinajstić information content (AvgIpc) is 2.34. The summed E-state index contributed by atoms with van der Waals surface area (Å²) >= 11 is 6.90. The van der Waals surface area contributed by atoms with E-state index < -0.39 is 0 Å². The molecule has 4 heteroatoms. The third-order valence-electron chi connectivity index (χ3n) is 2.46. The number of nitrogens with zero attached hydrogens (tertiary/aromatic N) is 1. The summed E-state index contributed by atoms with van der Waals surface area (Å²) in [6.07, 6.45) is 0.779. The second-order valence-electron chi connectivity index (χ2n) is 3.74. The Morgan fingerprint density at radius 3 is 2.59 bits per heavy atom. The average molecular weight is 268 g/mol. The maximum Gasteiger partial charge on any atom is 0.0745 e. The molecule has 0 heterocycles. The normalized spacial score (nSPS) is 10.2. The predicted octanol–water partition coefficient (Wildman–Crippen LogP) is 2.92. The molecule has 0 spiro atoms. The second-order valence-corrected chi connectivity index (χ2v) is 5.65. The topological polar surface area (TPSA) is 29.3 Å². The van der Waals surface area contributed by atoms with Crippen LogP contribution in [0, 0.1) is 0 Å². The smallest absolute Gasteiger partial charge is 0.0745 e. The van der Waals surface area contributed by atoms with Crippen molar-refractivity contribution >= 4 is 34.7 Å². The van der Waals surface area contributed by atoms with Crippen molar-refractivity contribution in [3.63, 3.8) is 0 Å². The minimum absolute atomic E-state index is 0.592. The van der Waals surface area contributed by atoms with Gasteiger partial charge in [0.05, 0.1) is 4.99 Å². The van der Waals surface area contributed by atoms with Crippen molar-refractivity contribution < 1.29 is 0 Å². The number of nitrogens with two attached hydrogens (primary N) is 1. The van der Waals surface area contributed by atoms with Gasteiger partial charge in [-0.1, -0.05) is 37.3 Å². The number of hydrogen-bond acceptors (Lipinski definition) is 3. The number of benzene rings is 1. The first-order valence-electron chi connectivity index (χ1n) is 5.90. The Bertz CT molecular complexity index is 327. The Morgan fingerprint density at radius 1 is 1.29 bits per heavy atom. The monoisotopic (exact) mass is 268 g/mol. The van der Waals surface area contributed by atoms with Crippen LogP contribution >= 0.6 is 24.0 Å². The molecule has 0 atom stereocenters. The van der Waals surface area contributed by atoms with Gasteiger partial charge < -0.3 is 10.6 Å². The molecule has 0 amide bonds. The van der Waals surface area contributed by atoms with Crippen molar-refractivity contribution in [2.45, 2.75) is 13.3 Å². The van der Waals surface area contributed by atoms with Crippen molar-refractivity contribution in [1.82, 2.24) is 0 Å². The van der Waals surface area contributed by atoms with Gasteiger partial charge in [0.2, 0.25) is 0 Å². The van der Waals surface area contributed by atoms with Crippen molar-refractivity contribution in [2.75, 3.05) is 29.5 Å². The zero-order valence-electron chi connectivity index (χ0n) is 10.3. The van der Waals surface area contributed by atoms with Crippen LogP contribution in [0.1, 0.15) is 13.3 Å². The fourth-order valence-electron chi connectivity index (χ4n) is 1.57. The van der Waals surface area contributed by atoms with Gasteiger partial charge in [-0.25, -0.2) is 0 Å². The lowest BCUT2D eigenvalue weighted by molar-refractivity contribution is 0.842.